The highest BCUT2D eigenvalue weighted by Gasteiger charge is 2.23. The Labute approximate surface area is 117 Å². The van der Waals surface area contributed by atoms with Crippen LogP contribution in [0.25, 0.3) is 0 Å². The van der Waals surface area contributed by atoms with E-state index in [9.17, 15) is 4.39 Å². The maximum absolute atomic E-state index is 14.0. The van der Waals surface area contributed by atoms with E-state index in [2.05, 4.69) is 41.6 Å². The van der Waals surface area contributed by atoms with Gasteiger partial charge < -0.3 is 5.73 Å². The maximum atomic E-state index is 14.0. The Hall–Kier alpha value is -0.450. The van der Waals surface area contributed by atoms with Crippen LogP contribution in [-0.4, -0.2) is 25.0 Å². The molecule has 1 rings (SSSR count). The van der Waals surface area contributed by atoms with Crippen LogP contribution in [0.3, 0.4) is 0 Å². The van der Waals surface area contributed by atoms with Crippen molar-refractivity contribution in [3.63, 3.8) is 0 Å². The summed E-state index contributed by atoms with van der Waals surface area (Å²) in [4.78, 5) is 2.12. The van der Waals surface area contributed by atoms with Crippen molar-refractivity contribution in [3.05, 3.63) is 34.1 Å². The molecule has 0 aliphatic carbocycles. The second-order valence-electron chi connectivity index (χ2n) is 5.89. The van der Waals surface area contributed by atoms with Gasteiger partial charge in [0.1, 0.15) is 5.82 Å². The summed E-state index contributed by atoms with van der Waals surface area (Å²) in [5.74, 6) is -0.208. The molecular weight excluding hydrogens is 295 g/mol. The van der Waals surface area contributed by atoms with Crippen LogP contribution in [0.2, 0.25) is 0 Å². The number of benzene rings is 1. The van der Waals surface area contributed by atoms with Gasteiger partial charge in [0.25, 0.3) is 0 Å². The minimum atomic E-state index is -0.208. The SMILES string of the molecule is CN(CC(C)(C)C)C(CN)c1ccc(Br)cc1F. The molecule has 0 aliphatic heterocycles. The molecular formula is C14H22BrFN2. The standard InChI is InChI=1S/C14H22BrFN2/c1-14(2,3)9-18(4)13(8-17)11-6-5-10(15)7-12(11)16/h5-7,13H,8-9,17H2,1-4H3. The zero-order valence-electron chi connectivity index (χ0n) is 11.5. The van der Waals surface area contributed by atoms with Crippen LogP contribution < -0.4 is 5.73 Å². The van der Waals surface area contributed by atoms with Crippen molar-refractivity contribution in [1.82, 2.24) is 4.90 Å². The van der Waals surface area contributed by atoms with Crippen molar-refractivity contribution in [3.8, 4) is 0 Å². The Morgan fingerprint density at radius 1 is 1.39 bits per heavy atom. The van der Waals surface area contributed by atoms with E-state index in [1.54, 1.807) is 6.07 Å². The summed E-state index contributed by atoms with van der Waals surface area (Å²) in [7, 11) is 1.99. The Morgan fingerprint density at radius 2 is 2.00 bits per heavy atom. The molecule has 18 heavy (non-hydrogen) atoms. The Morgan fingerprint density at radius 3 is 2.44 bits per heavy atom. The zero-order valence-corrected chi connectivity index (χ0v) is 13.1. The molecule has 1 atom stereocenters. The zero-order chi connectivity index (χ0) is 13.9. The lowest BCUT2D eigenvalue weighted by molar-refractivity contribution is 0.173. The number of nitrogens with zero attached hydrogens (tertiary/aromatic N) is 1. The summed E-state index contributed by atoms with van der Waals surface area (Å²) in [6.07, 6.45) is 0. The molecule has 0 saturated heterocycles. The van der Waals surface area contributed by atoms with Gasteiger partial charge in [-0.25, -0.2) is 4.39 Å². The Balaban J connectivity index is 2.95. The molecule has 0 aromatic heterocycles. The van der Waals surface area contributed by atoms with Gasteiger partial charge in [0.15, 0.2) is 0 Å². The molecule has 0 amide bonds. The first-order valence-electron chi connectivity index (χ1n) is 6.10. The average Bonchev–Trinajstić information content (AvgIpc) is 2.19. The van der Waals surface area contributed by atoms with Crippen molar-refractivity contribution < 1.29 is 4.39 Å². The van der Waals surface area contributed by atoms with E-state index in [1.165, 1.54) is 6.07 Å². The van der Waals surface area contributed by atoms with Crippen LogP contribution in [-0.2, 0) is 0 Å². The van der Waals surface area contributed by atoms with Crippen LogP contribution in [0, 0.1) is 11.2 Å². The average molecular weight is 317 g/mol. The molecule has 1 aromatic rings. The van der Waals surface area contributed by atoms with Crippen molar-refractivity contribution in [2.24, 2.45) is 11.1 Å². The Bertz CT molecular complexity index is 401. The molecule has 0 bridgehead atoms. The minimum Gasteiger partial charge on any atom is -0.329 e. The summed E-state index contributed by atoms with van der Waals surface area (Å²) in [5, 5.41) is 0. The Kier molecular flexibility index (Phi) is 5.32. The highest BCUT2D eigenvalue weighted by molar-refractivity contribution is 9.10. The highest BCUT2D eigenvalue weighted by Crippen LogP contribution is 2.26. The monoisotopic (exact) mass is 316 g/mol. The van der Waals surface area contributed by atoms with Gasteiger partial charge in [-0.1, -0.05) is 42.8 Å². The van der Waals surface area contributed by atoms with E-state index in [-0.39, 0.29) is 17.3 Å². The molecule has 0 saturated carbocycles. The van der Waals surface area contributed by atoms with Crippen molar-refractivity contribution >= 4 is 15.9 Å². The van der Waals surface area contributed by atoms with Crippen molar-refractivity contribution in [2.75, 3.05) is 20.1 Å². The number of hydrogen-bond donors (Lipinski definition) is 1. The molecule has 1 aromatic carbocycles. The first-order chi connectivity index (χ1) is 8.24. The van der Waals surface area contributed by atoms with Gasteiger partial charge in [-0.05, 0) is 24.6 Å². The summed E-state index contributed by atoms with van der Waals surface area (Å²) < 4.78 is 14.7. The quantitative estimate of drug-likeness (QED) is 0.920. The van der Waals surface area contributed by atoms with Gasteiger partial charge in [-0.15, -0.1) is 0 Å². The van der Waals surface area contributed by atoms with Gasteiger partial charge in [0, 0.05) is 29.2 Å². The van der Waals surface area contributed by atoms with E-state index in [4.69, 9.17) is 5.73 Å². The first kappa shape index (κ1) is 15.6. The van der Waals surface area contributed by atoms with Crippen LogP contribution in [0.1, 0.15) is 32.4 Å². The number of halogens is 2. The lowest BCUT2D eigenvalue weighted by atomic mass is 9.94. The predicted molar refractivity (Wildman–Crippen MR) is 78.0 cm³/mol. The van der Waals surface area contributed by atoms with Gasteiger partial charge in [0.05, 0.1) is 0 Å². The van der Waals surface area contributed by atoms with E-state index < -0.39 is 0 Å². The topological polar surface area (TPSA) is 29.3 Å². The van der Waals surface area contributed by atoms with Gasteiger partial charge in [0.2, 0.25) is 0 Å². The number of likely N-dealkylation sites (N-methyl/N-ethyl adjacent to an activating group) is 1. The third-order valence-electron chi connectivity index (χ3n) is 2.80. The van der Waals surface area contributed by atoms with Gasteiger partial charge >= 0.3 is 0 Å². The second-order valence-corrected chi connectivity index (χ2v) is 6.81. The largest absolute Gasteiger partial charge is 0.329 e. The molecule has 2 nitrogen and oxygen atoms in total. The normalized spacial score (nSPS) is 14.0. The molecule has 1 unspecified atom stereocenters. The van der Waals surface area contributed by atoms with Gasteiger partial charge in [-0.2, -0.15) is 0 Å². The second kappa shape index (κ2) is 6.13. The lowest BCUT2D eigenvalue weighted by Crippen LogP contribution is -2.36. The lowest BCUT2D eigenvalue weighted by Gasteiger charge is -2.33. The van der Waals surface area contributed by atoms with E-state index in [0.29, 0.717) is 12.1 Å². The molecule has 2 N–H and O–H groups in total. The molecule has 0 fully saturated rings. The predicted octanol–water partition coefficient (Wildman–Crippen LogP) is 3.57. The molecule has 0 radical (unpaired) electrons. The molecule has 0 heterocycles. The number of rotatable bonds is 4. The highest BCUT2D eigenvalue weighted by atomic mass is 79.9. The molecule has 102 valence electrons. The smallest absolute Gasteiger partial charge is 0.129 e. The third kappa shape index (κ3) is 4.34. The van der Waals surface area contributed by atoms with Crippen LogP contribution in [0.4, 0.5) is 4.39 Å². The molecule has 0 spiro atoms. The number of nitrogens with two attached hydrogens (primary N) is 1. The first-order valence-corrected chi connectivity index (χ1v) is 6.89. The van der Waals surface area contributed by atoms with Crippen molar-refractivity contribution in [1.29, 1.82) is 0 Å². The van der Waals surface area contributed by atoms with E-state index >= 15 is 0 Å². The van der Waals surface area contributed by atoms with Crippen LogP contribution >= 0.6 is 15.9 Å². The fourth-order valence-electron chi connectivity index (χ4n) is 2.17. The van der Waals surface area contributed by atoms with E-state index in [1.807, 2.05) is 13.1 Å². The summed E-state index contributed by atoms with van der Waals surface area (Å²) in [6, 6.07) is 5.06. The fourth-order valence-corrected chi connectivity index (χ4v) is 2.51. The molecule has 4 heteroatoms. The van der Waals surface area contributed by atoms with Gasteiger partial charge in [-0.3, -0.25) is 4.90 Å². The van der Waals surface area contributed by atoms with E-state index in [0.717, 1.165) is 11.0 Å². The van der Waals surface area contributed by atoms with Crippen molar-refractivity contribution in [2.45, 2.75) is 26.8 Å². The summed E-state index contributed by atoms with van der Waals surface area (Å²) in [5.41, 5.74) is 6.63. The fraction of sp³-hybridized carbons (Fsp3) is 0.571. The van der Waals surface area contributed by atoms with Crippen LogP contribution in [0.5, 0.6) is 0 Å². The maximum Gasteiger partial charge on any atom is 0.129 e. The summed E-state index contributed by atoms with van der Waals surface area (Å²) in [6.45, 7) is 7.76. The minimum absolute atomic E-state index is 0.0858. The molecule has 0 aliphatic rings. The third-order valence-corrected chi connectivity index (χ3v) is 3.29. The number of hydrogen-bond acceptors (Lipinski definition) is 2. The van der Waals surface area contributed by atoms with Crippen LogP contribution in [0.15, 0.2) is 22.7 Å². The summed E-state index contributed by atoms with van der Waals surface area (Å²) >= 11 is 3.27.